The van der Waals surface area contributed by atoms with Gasteiger partial charge in [-0.1, -0.05) is 41.5 Å². The first kappa shape index (κ1) is 29.0. The number of carbonyl (C=O) groups excluding carboxylic acids is 3. The first-order valence-electron chi connectivity index (χ1n) is 11.0. The van der Waals surface area contributed by atoms with Crippen LogP contribution in [-0.4, -0.2) is 74.9 Å². The lowest BCUT2D eigenvalue weighted by Gasteiger charge is -2.29. The maximum atomic E-state index is 12.2. The lowest BCUT2D eigenvalue weighted by molar-refractivity contribution is -0.134. The molecule has 0 saturated heterocycles. The van der Waals surface area contributed by atoms with E-state index < -0.39 is 0 Å². The molecule has 3 amide bonds. The van der Waals surface area contributed by atoms with Crippen LogP contribution in [0, 0.1) is 10.8 Å². The molecule has 1 aliphatic heterocycles. The Labute approximate surface area is 187 Å². The van der Waals surface area contributed by atoms with Crippen molar-refractivity contribution >= 4 is 23.4 Å². The predicted octanol–water partition coefficient (Wildman–Crippen LogP) is 1.53. The molecule has 0 spiro atoms. The maximum absolute atomic E-state index is 12.2. The minimum atomic E-state index is -0.268. The van der Waals surface area contributed by atoms with Crippen molar-refractivity contribution in [2.24, 2.45) is 15.9 Å². The molecule has 0 aromatic carbocycles. The fourth-order valence-corrected chi connectivity index (χ4v) is 2.66. The third-order valence-corrected chi connectivity index (χ3v) is 4.43. The summed E-state index contributed by atoms with van der Waals surface area (Å²) in [5, 5.41) is 14.2. The molecule has 0 saturated carbocycles. The lowest BCUT2D eigenvalue weighted by Crippen LogP contribution is -2.42. The molecule has 9 nitrogen and oxygen atoms in total. The van der Waals surface area contributed by atoms with Crippen molar-refractivity contribution in [1.29, 1.82) is 0 Å². The normalized spacial score (nSPS) is 14.0. The summed E-state index contributed by atoms with van der Waals surface area (Å²) in [6, 6.07) is 0. The topological polar surface area (TPSA) is 112 Å². The van der Waals surface area contributed by atoms with Gasteiger partial charge in [0.05, 0.1) is 19.6 Å². The number of hydrogen-bond acceptors (Lipinski definition) is 6. The fraction of sp³-hybridized carbons (Fsp3) is 0.818. The van der Waals surface area contributed by atoms with Crippen LogP contribution in [0.4, 0.5) is 0 Å². The Hall–Kier alpha value is -2.00. The molecule has 0 radical (unpaired) electrons. The van der Waals surface area contributed by atoms with Crippen molar-refractivity contribution < 1.29 is 19.1 Å². The van der Waals surface area contributed by atoms with Gasteiger partial charge in [0.2, 0.25) is 17.7 Å². The van der Waals surface area contributed by atoms with Crippen molar-refractivity contribution in [1.82, 2.24) is 21.0 Å². The van der Waals surface area contributed by atoms with Crippen LogP contribution >= 0.6 is 0 Å². The number of hydrazone groups is 1. The summed E-state index contributed by atoms with van der Waals surface area (Å²) >= 11 is 0. The van der Waals surface area contributed by atoms with Crippen LogP contribution in [0.5, 0.6) is 0 Å². The molecule has 0 unspecified atom stereocenters. The minimum absolute atomic E-state index is 0.0592. The van der Waals surface area contributed by atoms with Crippen molar-refractivity contribution in [2.75, 3.05) is 46.4 Å². The molecule has 0 fully saturated rings. The van der Waals surface area contributed by atoms with Gasteiger partial charge in [0.15, 0.2) is 0 Å². The van der Waals surface area contributed by atoms with Crippen LogP contribution in [0.2, 0.25) is 0 Å². The van der Waals surface area contributed by atoms with Crippen molar-refractivity contribution in [3.63, 3.8) is 0 Å². The molecule has 1 aliphatic rings. The summed E-state index contributed by atoms with van der Waals surface area (Å²) in [4.78, 5) is 35.3. The number of carbonyl (C=O) groups is 3. The first-order chi connectivity index (χ1) is 14.4. The van der Waals surface area contributed by atoms with Gasteiger partial charge in [-0.3, -0.25) is 14.4 Å². The van der Waals surface area contributed by atoms with Gasteiger partial charge in [-0.05, 0) is 7.05 Å². The van der Waals surface area contributed by atoms with E-state index in [-0.39, 0.29) is 41.5 Å². The summed E-state index contributed by atoms with van der Waals surface area (Å²) in [6.45, 7) is 16.2. The Balaban J connectivity index is 0.00000436. The Bertz CT molecular complexity index is 617. The van der Waals surface area contributed by atoms with E-state index in [0.29, 0.717) is 32.7 Å². The second-order valence-corrected chi connectivity index (χ2v) is 9.16. The highest BCUT2D eigenvalue weighted by Gasteiger charge is 2.27. The van der Waals surface area contributed by atoms with Gasteiger partial charge in [0.1, 0.15) is 6.54 Å². The third kappa shape index (κ3) is 13.1. The van der Waals surface area contributed by atoms with Crippen LogP contribution < -0.4 is 16.0 Å². The summed E-state index contributed by atoms with van der Waals surface area (Å²) in [5.74, 6) is -0.442. The van der Waals surface area contributed by atoms with Crippen molar-refractivity contribution in [2.45, 2.75) is 61.3 Å². The second kappa shape index (κ2) is 14.1. The molecule has 0 aromatic rings. The second-order valence-electron chi connectivity index (χ2n) is 9.16. The van der Waals surface area contributed by atoms with Gasteiger partial charge in [0.25, 0.3) is 0 Å². The third-order valence-electron chi connectivity index (χ3n) is 4.43. The van der Waals surface area contributed by atoms with E-state index in [4.69, 9.17) is 4.74 Å². The molecular formula is C22H43N5O4. The van der Waals surface area contributed by atoms with E-state index in [0.717, 1.165) is 12.3 Å². The van der Waals surface area contributed by atoms with E-state index >= 15 is 0 Å². The SMILES string of the molecule is CC.CNCCC1=NN(CC(=O)NCC(C)(C)COCC(C)(C)CNC(C)=O)C(=O)C1. The van der Waals surface area contributed by atoms with Gasteiger partial charge >= 0.3 is 0 Å². The van der Waals surface area contributed by atoms with Crippen LogP contribution in [0.3, 0.4) is 0 Å². The average Bonchev–Trinajstić information content (AvgIpc) is 3.04. The van der Waals surface area contributed by atoms with Crippen LogP contribution in [0.25, 0.3) is 0 Å². The van der Waals surface area contributed by atoms with E-state index in [1.54, 1.807) is 0 Å². The van der Waals surface area contributed by atoms with E-state index in [9.17, 15) is 14.4 Å². The molecule has 9 heteroatoms. The fourth-order valence-electron chi connectivity index (χ4n) is 2.66. The van der Waals surface area contributed by atoms with Gasteiger partial charge in [-0.15, -0.1) is 0 Å². The molecule has 180 valence electrons. The van der Waals surface area contributed by atoms with Crippen molar-refractivity contribution in [3.8, 4) is 0 Å². The summed E-state index contributed by atoms with van der Waals surface area (Å²) in [5.41, 5.74) is 0.355. The molecule has 0 aliphatic carbocycles. The first-order valence-corrected chi connectivity index (χ1v) is 11.0. The minimum Gasteiger partial charge on any atom is -0.380 e. The quantitative estimate of drug-likeness (QED) is 0.401. The molecule has 0 aromatic heterocycles. The Kier molecular flexibility index (Phi) is 13.2. The van der Waals surface area contributed by atoms with Crippen LogP contribution in [0.1, 0.15) is 61.3 Å². The summed E-state index contributed by atoms with van der Waals surface area (Å²) in [7, 11) is 1.85. The zero-order valence-electron chi connectivity index (χ0n) is 20.7. The van der Waals surface area contributed by atoms with Crippen LogP contribution in [-0.2, 0) is 19.1 Å². The molecular weight excluding hydrogens is 398 g/mol. The number of ether oxygens (including phenoxy) is 1. The summed E-state index contributed by atoms with van der Waals surface area (Å²) < 4.78 is 5.83. The number of hydrogen-bond donors (Lipinski definition) is 3. The number of nitrogens with one attached hydrogen (secondary N) is 3. The molecule has 3 N–H and O–H groups in total. The maximum Gasteiger partial charge on any atom is 0.248 e. The highest BCUT2D eigenvalue weighted by molar-refractivity contribution is 6.05. The average molecular weight is 442 g/mol. The summed E-state index contributed by atoms with van der Waals surface area (Å²) in [6.07, 6.45) is 0.978. The van der Waals surface area contributed by atoms with E-state index in [1.165, 1.54) is 11.9 Å². The molecule has 1 rings (SSSR count). The van der Waals surface area contributed by atoms with Crippen molar-refractivity contribution in [3.05, 3.63) is 0 Å². The highest BCUT2D eigenvalue weighted by atomic mass is 16.5. The largest absolute Gasteiger partial charge is 0.380 e. The Morgan fingerprint density at radius 3 is 2.13 bits per heavy atom. The predicted molar refractivity (Wildman–Crippen MR) is 124 cm³/mol. The Morgan fingerprint density at radius 2 is 1.61 bits per heavy atom. The monoisotopic (exact) mass is 441 g/mol. The number of nitrogens with zero attached hydrogens (tertiary/aromatic N) is 2. The smallest absolute Gasteiger partial charge is 0.248 e. The molecule has 31 heavy (non-hydrogen) atoms. The molecule has 0 bridgehead atoms. The van der Waals surface area contributed by atoms with Gasteiger partial charge in [0, 0.05) is 49.5 Å². The van der Waals surface area contributed by atoms with Gasteiger partial charge < -0.3 is 20.7 Å². The Morgan fingerprint density at radius 1 is 1.06 bits per heavy atom. The zero-order chi connectivity index (χ0) is 24.1. The lowest BCUT2D eigenvalue weighted by atomic mass is 9.93. The van der Waals surface area contributed by atoms with Gasteiger partial charge in [-0.2, -0.15) is 5.10 Å². The van der Waals surface area contributed by atoms with Crippen LogP contribution in [0.15, 0.2) is 5.10 Å². The number of rotatable bonds is 13. The standard InChI is InChI=1S/C20H37N5O4.C2H6/c1-15(26)22-11-19(2,3)13-29-14-20(4,5)12-23-17(27)10-25-18(28)9-16(24-25)7-8-21-6;1-2/h21H,7-14H2,1-6H3,(H,22,26)(H,23,27);1-2H3. The zero-order valence-corrected chi connectivity index (χ0v) is 20.7. The highest BCUT2D eigenvalue weighted by Crippen LogP contribution is 2.19. The van der Waals surface area contributed by atoms with Gasteiger partial charge in [-0.25, -0.2) is 5.01 Å². The number of amides is 3. The molecule has 0 atom stereocenters. The van der Waals surface area contributed by atoms with E-state index in [1.807, 2.05) is 48.6 Å². The van der Waals surface area contributed by atoms with E-state index in [2.05, 4.69) is 21.1 Å². The molecule has 1 heterocycles.